The number of nitrogens with one attached hydrogen (secondary N) is 1. The van der Waals surface area contributed by atoms with Gasteiger partial charge in [0.2, 0.25) is 0 Å². The second-order valence-corrected chi connectivity index (χ2v) is 12.6. The molecule has 1 atom stereocenters. The van der Waals surface area contributed by atoms with Crippen LogP contribution in [-0.2, 0) is 18.7 Å². The van der Waals surface area contributed by atoms with E-state index in [1.165, 1.54) is 7.11 Å². The van der Waals surface area contributed by atoms with E-state index in [2.05, 4.69) is 39.2 Å². The zero-order valence-electron chi connectivity index (χ0n) is 15.3. The van der Waals surface area contributed by atoms with Crippen LogP contribution >= 0.6 is 0 Å². The Morgan fingerprint density at radius 3 is 1.95 bits per heavy atom. The molecule has 0 aliphatic rings. The number of rotatable bonds is 5. The fourth-order valence-electron chi connectivity index (χ4n) is 1.27. The summed E-state index contributed by atoms with van der Waals surface area (Å²) >= 11 is 0. The van der Waals surface area contributed by atoms with Crippen molar-refractivity contribution in [2.45, 2.75) is 71.3 Å². The first kappa shape index (κ1) is 20.9. The monoisotopic (exact) mass is 333 g/mol. The number of hydrogen-bond acceptors (Lipinski definition) is 5. The Labute approximate surface area is 135 Å². The molecule has 0 rings (SSSR count). The molecule has 130 valence electrons. The van der Waals surface area contributed by atoms with Crippen LogP contribution in [0, 0.1) is 0 Å². The van der Waals surface area contributed by atoms with Crippen LogP contribution in [0.4, 0.5) is 4.79 Å². The van der Waals surface area contributed by atoms with E-state index >= 15 is 0 Å². The molecular formula is C15H31NO5Si. The SMILES string of the molecule is COC(=O)[C@@H](CO[Si](C)(C)C(C)(C)C)NC(=O)OC(C)(C)C. The summed E-state index contributed by atoms with van der Waals surface area (Å²) in [7, 11) is -0.748. The van der Waals surface area contributed by atoms with E-state index in [-0.39, 0.29) is 11.6 Å². The van der Waals surface area contributed by atoms with Gasteiger partial charge in [-0.3, -0.25) is 0 Å². The molecule has 0 saturated carbocycles. The Kier molecular flexibility index (Phi) is 7.09. The molecule has 0 aromatic carbocycles. The van der Waals surface area contributed by atoms with Gasteiger partial charge in [0.25, 0.3) is 0 Å². The van der Waals surface area contributed by atoms with Crippen molar-refractivity contribution in [2.24, 2.45) is 0 Å². The average molecular weight is 334 g/mol. The van der Waals surface area contributed by atoms with E-state index < -0.39 is 32.0 Å². The lowest BCUT2D eigenvalue weighted by Gasteiger charge is -2.37. The highest BCUT2D eigenvalue weighted by Gasteiger charge is 2.38. The summed E-state index contributed by atoms with van der Waals surface area (Å²) < 4.78 is 15.9. The largest absolute Gasteiger partial charge is 0.467 e. The normalized spacial score (nSPS) is 14.2. The maximum Gasteiger partial charge on any atom is 0.408 e. The molecule has 22 heavy (non-hydrogen) atoms. The molecule has 0 unspecified atom stereocenters. The Hall–Kier alpha value is -1.08. The first-order valence-corrected chi connectivity index (χ1v) is 10.3. The summed E-state index contributed by atoms with van der Waals surface area (Å²) in [6.45, 7) is 15.8. The maximum absolute atomic E-state index is 11.8. The fraction of sp³-hybridized carbons (Fsp3) is 0.867. The third kappa shape index (κ3) is 7.26. The second-order valence-electron chi connectivity index (χ2n) is 7.79. The molecule has 1 N–H and O–H groups in total. The summed E-state index contributed by atoms with van der Waals surface area (Å²) in [5.41, 5.74) is -0.634. The number of methoxy groups -OCH3 is 1. The third-order valence-electron chi connectivity index (χ3n) is 3.59. The molecule has 7 heteroatoms. The Morgan fingerprint density at radius 2 is 1.59 bits per heavy atom. The minimum atomic E-state index is -2.02. The first-order valence-electron chi connectivity index (χ1n) is 7.41. The van der Waals surface area contributed by atoms with Crippen molar-refractivity contribution in [2.75, 3.05) is 13.7 Å². The summed E-state index contributed by atoms with van der Waals surface area (Å²) in [6.07, 6.45) is -0.665. The molecule has 1 amide bonds. The number of hydrogen-bond donors (Lipinski definition) is 1. The van der Waals surface area contributed by atoms with Crippen molar-refractivity contribution < 1.29 is 23.5 Å². The highest BCUT2D eigenvalue weighted by Crippen LogP contribution is 2.36. The standard InChI is InChI=1S/C15H31NO5Si/c1-14(2,3)21-13(18)16-11(12(17)19-7)10-20-22(8,9)15(4,5)6/h11H,10H2,1-9H3,(H,16,18)/t11-/m1/s1. The van der Waals surface area contributed by atoms with Crippen LogP contribution in [0.1, 0.15) is 41.5 Å². The highest BCUT2D eigenvalue weighted by molar-refractivity contribution is 6.74. The number of carbonyl (C=O) groups excluding carboxylic acids is 2. The van der Waals surface area contributed by atoms with Gasteiger partial charge in [-0.2, -0.15) is 0 Å². The Balaban J connectivity index is 4.82. The topological polar surface area (TPSA) is 73.9 Å². The number of carbonyl (C=O) groups is 2. The van der Waals surface area contributed by atoms with Crippen LogP contribution in [0.2, 0.25) is 18.1 Å². The fourth-order valence-corrected chi connectivity index (χ4v) is 2.29. The second kappa shape index (κ2) is 7.46. The molecule has 0 aromatic rings. The highest BCUT2D eigenvalue weighted by atomic mass is 28.4. The quantitative estimate of drug-likeness (QED) is 0.618. The van der Waals surface area contributed by atoms with Crippen molar-refractivity contribution in [3.05, 3.63) is 0 Å². The smallest absolute Gasteiger partial charge is 0.408 e. The Morgan fingerprint density at radius 1 is 1.09 bits per heavy atom. The molecule has 0 aliphatic carbocycles. The summed E-state index contributed by atoms with van der Waals surface area (Å²) in [5, 5.41) is 2.52. The average Bonchev–Trinajstić information content (AvgIpc) is 2.29. The lowest BCUT2D eigenvalue weighted by atomic mass is 10.2. The van der Waals surface area contributed by atoms with Crippen molar-refractivity contribution in [3.8, 4) is 0 Å². The van der Waals surface area contributed by atoms with Crippen molar-refractivity contribution in [1.29, 1.82) is 0 Å². The van der Waals surface area contributed by atoms with Crippen LogP contribution in [-0.4, -0.2) is 45.7 Å². The number of esters is 1. The van der Waals surface area contributed by atoms with E-state index in [1.807, 2.05) is 0 Å². The third-order valence-corrected chi connectivity index (χ3v) is 8.09. The Bertz CT molecular complexity index is 396. The summed E-state index contributed by atoms with van der Waals surface area (Å²) in [5.74, 6) is -0.551. The van der Waals surface area contributed by atoms with Gasteiger partial charge >= 0.3 is 12.1 Å². The molecule has 0 aliphatic heterocycles. The molecule has 0 bridgehead atoms. The molecule has 6 nitrogen and oxygen atoms in total. The van der Waals surface area contributed by atoms with Gasteiger partial charge in [0, 0.05) is 0 Å². The van der Waals surface area contributed by atoms with Crippen molar-refractivity contribution in [1.82, 2.24) is 5.32 Å². The molecule has 0 fully saturated rings. The van der Waals surface area contributed by atoms with Gasteiger partial charge in [0.15, 0.2) is 14.4 Å². The van der Waals surface area contributed by atoms with Crippen molar-refractivity contribution >= 4 is 20.4 Å². The molecular weight excluding hydrogens is 302 g/mol. The molecule has 0 aromatic heterocycles. The van der Waals surface area contributed by atoms with Crippen LogP contribution in [0.25, 0.3) is 0 Å². The van der Waals surface area contributed by atoms with E-state index in [9.17, 15) is 9.59 Å². The summed E-state index contributed by atoms with van der Waals surface area (Å²) in [6, 6.07) is -0.881. The molecule has 0 heterocycles. The van der Waals surface area contributed by atoms with E-state index in [0.29, 0.717) is 0 Å². The van der Waals surface area contributed by atoms with Crippen molar-refractivity contribution in [3.63, 3.8) is 0 Å². The minimum Gasteiger partial charge on any atom is -0.467 e. The zero-order chi connectivity index (χ0) is 17.8. The van der Waals surface area contributed by atoms with E-state index in [4.69, 9.17) is 13.9 Å². The van der Waals surface area contributed by atoms with Gasteiger partial charge in [0.1, 0.15) is 5.60 Å². The van der Waals surface area contributed by atoms with Gasteiger partial charge < -0.3 is 19.2 Å². The number of alkyl carbamates (subject to hydrolysis) is 1. The maximum atomic E-state index is 11.8. The van der Waals surface area contributed by atoms with Crippen LogP contribution in [0.5, 0.6) is 0 Å². The zero-order valence-corrected chi connectivity index (χ0v) is 16.3. The predicted molar refractivity (Wildman–Crippen MR) is 88.3 cm³/mol. The molecule has 0 radical (unpaired) electrons. The molecule has 0 saturated heterocycles. The molecule has 0 spiro atoms. The van der Waals surface area contributed by atoms with Gasteiger partial charge in [-0.25, -0.2) is 9.59 Å². The summed E-state index contributed by atoms with van der Waals surface area (Å²) in [4.78, 5) is 23.6. The van der Waals surface area contributed by atoms with Crippen LogP contribution in [0.15, 0.2) is 0 Å². The van der Waals surface area contributed by atoms with Gasteiger partial charge in [-0.05, 0) is 38.9 Å². The first-order chi connectivity index (χ1) is 9.69. The minimum absolute atomic E-state index is 0.0135. The van der Waals surface area contributed by atoms with Crippen LogP contribution in [0.3, 0.4) is 0 Å². The van der Waals surface area contributed by atoms with Gasteiger partial charge in [-0.1, -0.05) is 20.8 Å². The number of ether oxygens (including phenoxy) is 2. The van der Waals surface area contributed by atoms with Gasteiger partial charge in [0.05, 0.1) is 13.7 Å². The van der Waals surface area contributed by atoms with E-state index in [0.717, 1.165) is 0 Å². The lowest BCUT2D eigenvalue weighted by Crippen LogP contribution is -2.50. The van der Waals surface area contributed by atoms with Gasteiger partial charge in [-0.15, -0.1) is 0 Å². The van der Waals surface area contributed by atoms with Crippen LogP contribution < -0.4 is 5.32 Å². The number of amides is 1. The van der Waals surface area contributed by atoms with E-state index in [1.54, 1.807) is 20.8 Å². The predicted octanol–water partition coefficient (Wildman–Crippen LogP) is 3.07. The lowest BCUT2D eigenvalue weighted by molar-refractivity contribution is -0.144.